The second-order valence-electron chi connectivity index (χ2n) is 10.5. The minimum atomic E-state index is -0.0774. The van der Waals surface area contributed by atoms with Crippen LogP contribution in [0.1, 0.15) is 80.1 Å². The maximum atomic E-state index is 6.29. The maximum absolute atomic E-state index is 6.29. The van der Waals surface area contributed by atoms with Gasteiger partial charge in [0, 0.05) is 0 Å². The lowest BCUT2D eigenvalue weighted by atomic mass is 9.44. The summed E-state index contributed by atoms with van der Waals surface area (Å²) in [6.45, 7) is 14.3. The zero-order chi connectivity index (χ0) is 16.0. The van der Waals surface area contributed by atoms with Crippen molar-refractivity contribution in [3.05, 3.63) is 0 Å². The van der Waals surface area contributed by atoms with Crippen LogP contribution in [0, 0.1) is 34.5 Å². The SMILES string of the molecule is CC1(OOC2(C)CCC3CC2C3(C)C)CCC2CC1C2(C)C. The molecule has 6 rings (SSSR count). The van der Waals surface area contributed by atoms with Gasteiger partial charge in [-0.05, 0) is 86.9 Å². The first kappa shape index (κ1) is 15.4. The molecule has 4 bridgehead atoms. The molecule has 22 heavy (non-hydrogen) atoms. The fraction of sp³-hybridized carbons (Fsp3) is 1.00. The third-order valence-corrected chi connectivity index (χ3v) is 8.82. The van der Waals surface area contributed by atoms with E-state index in [2.05, 4.69) is 41.5 Å². The summed E-state index contributed by atoms with van der Waals surface area (Å²) in [4.78, 5) is 12.6. The molecule has 0 aliphatic heterocycles. The van der Waals surface area contributed by atoms with Crippen molar-refractivity contribution in [3.8, 4) is 0 Å². The average Bonchev–Trinajstić information content (AvgIpc) is 2.45. The largest absolute Gasteiger partial charge is 0.229 e. The van der Waals surface area contributed by atoms with E-state index >= 15 is 0 Å². The van der Waals surface area contributed by atoms with Gasteiger partial charge in [0.15, 0.2) is 0 Å². The summed E-state index contributed by atoms with van der Waals surface area (Å²) >= 11 is 0. The van der Waals surface area contributed by atoms with Crippen LogP contribution in [0.15, 0.2) is 0 Å². The Hall–Kier alpha value is -0.0800. The van der Waals surface area contributed by atoms with Crippen molar-refractivity contribution in [1.82, 2.24) is 0 Å². The van der Waals surface area contributed by atoms with E-state index in [0.29, 0.717) is 22.7 Å². The number of hydrogen-bond donors (Lipinski definition) is 0. The predicted molar refractivity (Wildman–Crippen MR) is 88.2 cm³/mol. The molecule has 0 spiro atoms. The molecule has 6 saturated carbocycles. The van der Waals surface area contributed by atoms with Gasteiger partial charge in [-0.25, -0.2) is 9.78 Å². The summed E-state index contributed by atoms with van der Waals surface area (Å²) in [5.74, 6) is 3.14. The van der Waals surface area contributed by atoms with Crippen molar-refractivity contribution in [2.75, 3.05) is 0 Å². The Kier molecular flexibility index (Phi) is 3.02. The Bertz CT molecular complexity index is 434. The van der Waals surface area contributed by atoms with Gasteiger partial charge in [-0.15, -0.1) is 0 Å². The van der Waals surface area contributed by atoms with Crippen LogP contribution >= 0.6 is 0 Å². The summed E-state index contributed by atoms with van der Waals surface area (Å²) in [6, 6.07) is 0. The Balaban J connectivity index is 1.46. The minimum absolute atomic E-state index is 0.0774. The molecule has 0 aromatic rings. The molecular formula is C20H34O2. The highest BCUT2D eigenvalue weighted by atomic mass is 17.2. The van der Waals surface area contributed by atoms with Crippen LogP contribution < -0.4 is 0 Å². The van der Waals surface area contributed by atoms with E-state index in [-0.39, 0.29) is 11.2 Å². The topological polar surface area (TPSA) is 18.5 Å². The molecule has 6 aliphatic rings. The van der Waals surface area contributed by atoms with E-state index in [0.717, 1.165) is 11.8 Å². The second-order valence-corrected chi connectivity index (χ2v) is 10.5. The van der Waals surface area contributed by atoms with Gasteiger partial charge in [0.05, 0.1) is 0 Å². The highest BCUT2D eigenvalue weighted by Gasteiger charge is 2.63. The predicted octanol–water partition coefficient (Wildman–Crippen LogP) is 5.36. The van der Waals surface area contributed by atoms with Gasteiger partial charge in [0.2, 0.25) is 0 Å². The molecule has 126 valence electrons. The van der Waals surface area contributed by atoms with Crippen LogP contribution in [0.3, 0.4) is 0 Å². The van der Waals surface area contributed by atoms with E-state index in [1.54, 1.807) is 0 Å². The van der Waals surface area contributed by atoms with Gasteiger partial charge in [-0.2, -0.15) is 0 Å². The highest BCUT2D eigenvalue weighted by molar-refractivity contribution is 5.11. The molecule has 6 atom stereocenters. The Morgan fingerprint density at radius 2 is 1.00 bits per heavy atom. The van der Waals surface area contributed by atoms with Gasteiger partial charge < -0.3 is 0 Å². The van der Waals surface area contributed by atoms with Crippen molar-refractivity contribution in [1.29, 1.82) is 0 Å². The van der Waals surface area contributed by atoms with Gasteiger partial charge in [0.1, 0.15) is 11.2 Å². The van der Waals surface area contributed by atoms with Crippen molar-refractivity contribution >= 4 is 0 Å². The standard InChI is InChI=1S/C20H34O2/c1-17(2)13-7-9-19(5,15(17)11-13)21-22-20(6)10-8-14-12-16(20)18(14,3)4/h13-16H,7-12H2,1-6H3. The normalized spacial score (nSPS) is 54.3. The lowest BCUT2D eigenvalue weighted by Crippen LogP contribution is -2.64. The Morgan fingerprint density at radius 3 is 1.27 bits per heavy atom. The fourth-order valence-electron chi connectivity index (χ4n) is 6.74. The molecule has 0 N–H and O–H groups in total. The lowest BCUT2D eigenvalue weighted by molar-refractivity contribution is -0.461. The van der Waals surface area contributed by atoms with Crippen molar-refractivity contribution in [2.45, 2.75) is 91.3 Å². The van der Waals surface area contributed by atoms with Crippen LogP contribution in [0.4, 0.5) is 0 Å². The zero-order valence-electron chi connectivity index (χ0n) is 15.4. The molecule has 0 saturated heterocycles. The van der Waals surface area contributed by atoms with E-state index in [1.165, 1.54) is 38.5 Å². The summed E-state index contributed by atoms with van der Waals surface area (Å²) in [5, 5.41) is 0. The average molecular weight is 306 g/mol. The molecule has 6 fully saturated rings. The minimum Gasteiger partial charge on any atom is -0.229 e. The van der Waals surface area contributed by atoms with Gasteiger partial charge >= 0.3 is 0 Å². The molecule has 0 radical (unpaired) electrons. The van der Waals surface area contributed by atoms with Crippen molar-refractivity contribution in [3.63, 3.8) is 0 Å². The first-order chi connectivity index (χ1) is 10.1. The first-order valence-corrected chi connectivity index (χ1v) is 9.46. The monoisotopic (exact) mass is 306 g/mol. The van der Waals surface area contributed by atoms with Gasteiger partial charge in [-0.1, -0.05) is 27.7 Å². The van der Waals surface area contributed by atoms with Gasteiger partial charge in [-0.3, -0.25) is 0 Å². The molecule has 0 heterocycles. The summed E-state index contributed by atoms with van der Waals surface area (Å²) in [7, 11) is 0. The summed E-state index contributed by atoms with van der Waals surface area (Å²) < 4.78 is 0. The number of rotatable bonds is 3. The van der Waals surface area contributed by atoms with E-state index in [4.69, 9.17) is 9.78 Å². The Morgan fingerprint density at radius 1 is 0.636 bits per heavy atom. The van der Waals surface area contributed by atoms with Gasteiger partial charge in [0.25, 0.3) is 0 Å². The molecule has 2 heteroatoms. The van der Waals surface area contributed by atoms with Crippen molar-refractivity contribution < 1.29 is 9.78 Å². The molecule has 2 nitrogen and oxygen atoms in total. The molecule has 6 unspecified atom stereocenters. The molecule has 0 aromatic heterocycles. The quantitative estimate of drug-likeness (QED) is 0.516. The van der Waals surface area contributed by atoms with Crippen LogP contribution in [0.5, 0.6) is 0 Å². The molecule has 6 aliphatic carbocycles. The third kappa shape index (κ3) is 1.80. The second kappa shape index (κ2) is 4.30. The molecular weight excluding hydrogens is 272 g/mol. The summed E-state index contributed by atoms with van der Waals surface area (Å²) in [6.07, 6.45) is 7.60. The maximum Gasteiger partial charge on any atom is 0.104 e. The third-order valence-electron chi connectivity index (χ3n) is 8.82. The van der Waals surface area contributed by atoms with Crippen LogP contribution in [0.2, 0.25) is 0 Å². The first-order valence-electron chi connectivity index (χ1n) is 9.46. The van der Waals surface area contributed by atoms with E-state index in [9.17, 15) is 0 Å². The van der Waals surface area contributed by atoms with Crippen LogP contribution in [-0.2, 0) is 9.78 Å². The number of fused-ring (bicyclic) bond motifs is 4. The molecule has 0 aromatic carbocycles. The fourth-order valence-corrected chi connectivity index (χ4v) is 6.74. The zero-order valence-corrected chi connectivity index (χ0v) is 15.4. The smallest absolute Gasteiger partial charge is 0.104 e. The highest BCUT2D eigenvalue weighted by Crippen LogP contribution is 2.66. The summed E-state index contributed by atoms with van der Waals surface area (Å²) in [5.41, 5.74) is 0.716. The van der Waals surface area contributed by atoms with Crippen LogP contribution in [0.25, 0.3) is 0 Å². The lowest BCUT2D eigenvalue weighted by Gasteiger charge is -2.65. The van der Waals surface area contributed by atoms with E-state index in [1.807, 2.05) is 0 Å². The Labute approximate surface area is 136 Å². The van der Waals surface area contributed by atoms with Crippen molar-refractivity contribution in [2.24, 2.45) is 34.5 Å². The van der Waals surface area contributed by atoms with Crippen LogP contribution in [-0.4, -0.2) is 11.2 Å². The van der Waals surface area contributed by atoms with E-state index < -0.39 is 0 Å². The number of hydrogen-bond acceptors (Lipinski definition) is 2. The molecule has 0 amide bonds.